The van der Waals surface area contributed by atoms with Crippen molar-refractivity contribution in [2.24, 2.45) is 7.05 Å². The van der Waals surface area contributed by atoms with E-state index in [-0.39, 0.29) is 0 Å². The standard InChI is InChI=1S/C20H23N5S/c1-15-5-3-6-16(11-15)13-24(18-8-9-18)14-25-20(26)23(2)19(22-25)17-7-4-10-21-12-17/h3-7,10-12,18H,8-9,13-14H2,1-2H3. The molecular formula is C20H23N5S. The molecule has 2 aromatic heterocycles. The second-order valence-corrected chi connectivity index (χ2v) is 7.38. The first-order valence-electron chi connectivity index (χ1n) is 8.95. The molecule has 0 N–H and O–H groups in total. The van der Waals surface area contributed by atoms with Gasteiger partial charge in [-0.25, -0.2) is 4.68 Å². The van der Waals surface area contributed by atoms with Gasteiger partial charge in [0.1, 0.15) is 0 Å². The predicted octanol–water partition coefficient (Wildman–Crippen LogP) is 3.94. The first kappa shape index (κ1) is 17.1. The zero-order valence-electron chi connectivity index (χ0n) is 15.2. The Morgan fingerprint density at radius 2 is 2.08 bits per heavy atom. The van der Waals surface area contributed by atoms with E-state index in [0.717, 1.165) is 22.7 Å². The van der Waals surface area contributed by atoms with Crippen LogP contribution < -0.4 is 0 Å². The molecule has 3 aromatic rings. The number of nitrogens with zero attached hydrogens (tertiary/aromatic N) is 5. The van der Waals surface area contributed by atoms with Crippen LogP contribution in [0.3, 0.4) is 0 Å². The van der Waals surface area contributed by atoms with Crippen LogP contribution in [0.4, 0.5) is 0 Å². The normalized spacial score (nSPS) is 14.1. The lowest BCUT2D eigenvalue weighted by Crippen LogP contribution is -2.29. The Morgan fingerprint density at radius 1 is 1.23 bits per heavy atom. The van der Waals surface area contributed by atoms with E-state index in [1.807, 2.05) is 34.6 Å². The second kappa shape index (κ2) is 7.13. The van der Waals surface area contributed by atoms with Crippen molar-refractivity contribution in [1.29, 1.82) is 0 Å². The molecule has 0 atom stereocenters. The summed E-state index contributed by atoms with van der Waals surface area (Å²) in [7, 11) is 1.97. The lowest BCUT2D eigenvalue weighted by Gasteiger charge is -2.22. The van der Waals surface area contributed by atoms with Crippen molar-refractivity contribution in [3.63, 3.8) is 0 Å². The molecule has 5 nitrogen and oxygen atoms in total. The predicted molar refractivity (Wildman–Crippen MR) is 105 cm³/mol. The summed E-state index contributed by atoms with van der Waals surface area (Å²) in [4.78, 5) is 6.67. The molecule has 0 radical (unpaired) electrons. The maximum atomic E-state index is 5.64. The quantitative estimate of drug-likeness (QED) is 0.620. The molecule has 0 bridgehead atoms. The number of hydrogen-bond acceptors (Lipinski definition) is 4. The van der Waals surface area contributed by atoms with Crippen LogP contribution in [0, 0.1) is 11.7 Å². The monoisotopic (exact) mass is 365 g/mol. The van der Waals surface area contributed by atoms with E-state index in [0.29, 0.717) is 12.7 Å². The molecule has 0 spiro atoms. The van der Waals surface area contributed by atoms with E-state index in [2.05, 4.69) is 41.1 Å². The van der Waals surface area contributed by atoms with E-state index in [1.165, 1.54) is 24.0 Å². The number of hydrogen-bond donors (Lipinski definition) is 0. The van der Waals surface area contributed by atoms with Crippen molar-refractivity contribution in [1.82, 2.24) is 24.2 Å². The van der Waals surface area contributed by atoms with Crippen molar-refractivity contribution in [2.75, 3.05) is 0 Å². The van der Waals surface area contributed by atoms with Crippen molar-refractivity contribution in [3.8, 4) is 11.4 Å². The lowest BCUT2D eigenvalue weighted by atomic mass is 10.1. The molecule has 4 rings (SSSR count). The third-order valence-corrected chi connectivity index (χ3v) is 5.29. The van der Waals surface area contributed by atoms with Gasteiger partial charge in [-0.2, -0.15) is 5.10 Å². The summed E-state index contributed by atoms with van der Waals surface area (Å²) in [5, 5.41) is 4.78. The highest BCUT2D eigenvalue weighted by molar-refractivity contribution is 7.71. The average molecular weight is 366 g/mol. The highest BCUT2D eigenvalue weighted by Crippen LogP contribution is 2.29. The smallest absolute Gasteiger partial charge is 0.199 e. The molecule has 1 saturated carbocycles. The number of aromatic nitrogens is 4. The van der Waals surface area contributed by atoms with Crippen LogP contribution >= 0.6 is 12.2 Å². The van der Waals surface area contributed by atoms with E-state index in [1.54, 1.807) is 6.20 Å². The molecule has 2 heterocycles. The van der Waals surface area contributed by atoms with E-state index < -0.39 is 0 Å². The van der Waals surface area contributed by atoms with Gasteiger partial charge < -0.3 is 4.57 Å². The molecule has 0 aliphatic heterocycles. The maximum absolute atomic E-state index is 5.64. The Hall–Kier alpha value is -2.31. The van der Waals surface area contributed by atoms with Crippen LogP contribution in [-0.2, 0) is 20.3 Å². The Morgan fingerprint density at radius 3 is 2.77 bits per heavy atom. The van der Waals surface area contributed by atoms with E-state index in [4.69, 9.17) is 17.3 Å². The first-order valence-corrected chi connectivity index (χ1v) is 9.36. The van der Waals surface area contributed by atoms with Crippen LogP contribution in [0.5, 0.6) is 0 Å². The highest BCUT2D eigenvalue weighted by Gasteiger charge is 2.29. The summed E-state index contributed by atoms with van der Waals surface area (Å²) in [5.41, 5.74) is 3.62. The molecular weight excluding hydrogens is 342 g/mol. The van der Waals surface area contributed by atoms with Crippen LogP contribution in [0.25, 0.3) is 11.4 Å². The fourth-order valence-corrected chi connectivity index (χ4v) is 3.46. The molecule has 0 amide bonds. The summed E-state index contributed by atoms with van der Waals surface area (Å²) in [6, 6.07) is 13.3. The van der Waals surface area contributed by atoms with Gasteiger partial charge in [0, 0.05) is 37.6 Å². The topological polar surface area (TPSA) is 38.9 Å². The van der Waals surface area contributed by atoms with Gasteiger partial charge in [0.2, 0.25) is 0 Å². The molecule has 1 aromatic carbocycles. The minimum Gasteiger partial charge on any atom is -0.303 e. The molecule has 26 heavy (non-hydrogen) atoms. The Balaban J connectivity index is 1.60. The molecule has 1 aliphatic carbocycles. The summed E-state index contributed by atoms with van der Waals surface area (Å²) in [6.07, 6.45) is 6.10. The number of rotatable bonds is 6. The van der Waals surface area contributed by atoms with E-state index >= 15 is 0 Å². The molecule has 0 unspecified atom stereocenters. The van der Waals surface area contributed by atoms with Gasteiger partial charge in [-0.15, -0.1) is 0 Å². The van der Waals surface area contributed by atoms with Gasteiger partial charge in [0.25, 0.3) is 0 Å². The molecule has 134 valence electrons. The third kappa shape index (κ3) is 3.61. The Labute approximate surface area is 158 Å². The van der Waals surface area contributed by atoms with Crippen LogP contribution in [-0.4, -0.2) is 30.3 Å². The van der Waals surface area contributed by atoms with Crippen molar-refractivity contribution < 1.29 is 0 Å². The molecule has 6 heteroatoms. The summed E-state index contributed by atoms with van der Waals surface area (Å²) < 4.78 is 4.63. The Kier molecular flexibility index (Phi) is 4.70. The van der Waals surface area contributed by atoms with Gasteiger partial charge in [-0.3, -0.25) is 9.88 Å². The third-order valence-electron chi connectivity index (χ3n) is 4.81. The SMILES string of the molecule is Cc1cccc(CN(Cn2nc(-c3cccnc3)n(C)c2=S)C2CC2)c1. The van der Waals surface area contributed by atoms with Gasteiger partial charge >= 0.3 is 0 Å². The Bertz CT molecular complexity index is 956. The minimum atomic E-state index is 0.626. The summed E-state index contributed by atoms with van der Waals surface area (Å²) in [5.74, 6) is 0.856. The van der Waals surface area contributed by atoms with Gasteiger partial charge in [-0.05, 0) is 49.7 Å². The number of benzene rings is 1. The first-order chi connectivity index (χ1) is 12.6. The van der Waals surface area contributed by atoms with Crippen molar-refractivity contribution in [2.45, 2.75) is 39.0 Å². The number of aryl methyl sites for hydroxylation is 1. The molecule has 1 aliphatic rings. The fraction of sp³-hybridized carbons (Fsp3) is 0.350. The lowest BCUT2D eigenvalue weighted by molar-refractivity contribution is 0.186. The van der Waals surface area contributed by atoms with Crippen molar-refractivity contribution >= 4 is 12.2 Å². The molecule has 1 fully saturated rings. The zero-order chi connectivity index (χ0) is 18.1. The molecule has 0 saturated heterocycles. The van der Waals surface area contributed by atoms with Crippen LogP contribution in [0.1, 0.15) is 24.0 Å². The minimum absolute atomic E-state index is 0.626. The zero-order valence-corrected chi connectivity index (χ0v) is 16.0. The average Bonchev–Trinajstić information content (AvgIpc) is 3.45. The second-order valence-electron chi connectivity index (χ2n) is 7.01. The maximum Gasteiger partial charge on any atom is 0.199 e. The van der Waals surface area contributed by atoms with Gasteiger partial charge in [-0.1, -0.05) is 29.8 Å². The van der Waals surface area contributed by atoms with Gasteiger partial charge in [0.15, 0.2) is 10.6 Å². The van der Waals surface area contributed by atoms with Crippen LogP contribution in [0.2, 0.25) is 0 Å². The van der Waals surface area contributed by atoms with E-state index in [9.17, 15) is 0 Å². The van der Waals surface area contributed by atoms with Gasteiger partial charge in [0.05, 0.1) is 6.67 Å². The van der Waals surface area contributed by atoms with Crippen LogP contribution in [0.15, 0.2) is 48.8 Å². The summed E-state index contributed by atoms with van der Waals surface area (Å²) >= 11 is 5.64. The van der Waals surface area contributed by atoms with Crippen molar-refractivity contribution in [3.05, 3.63) is 64.7 Å². The highest BCUT2D eigenvalue weighted by atomic mass is 32.1. The fourth-order valence-electron chi connectivity index (χ4n) is 3.28. The number of pyridine rings is 1. The summed E-state index contributed by atoms with van der Waals surface area (Å²) in [6.45, 7) is 3.78. The largest absolute Gasteiger partial charge is 0.303 e.